The van der Waals surface area contributed by atoms with Crippen LogP contribution in [0.25, 0.3) is 5.69 Å². The number of carbonyl (C=O) groups excluding carboxylic acids is 1. The minimum Gasteiger partial charge on any atom is -0.317 e. The summed E-state index contributed by atoms with van der Waals surface area (Å²) in [6.07, 6.45) is 7.47. The Bertz CT molecular complexity index is 854. The van der Waals surface area contributed by atoms with Crippen molar-refractivity contribution in [3.63, 3.8) is 0 Å². The van der Waals surface area contributed by atoms with Crippen molar-refractivity contribution in [2.24, 2.45) is 0 Å². The number of nitrogens with zero attached hydrogens (tertiary/aromatic N) is 4. The third-order valence-electron chi connectivity index (χ3n) is 4.28. The second-order valence-corrected chi connectivity index (χ2v) is 7.01. The molecule has 0 bridgehead atoms. The van der Waals surface area contributed by atoms with E-state index in [0.29, 0.717) is 16.6 Å². The average molecular weight is 354 g/mol. The minimum atomic E-state index is -0.173. The summed E-state index contributed by atoms with van der Waals surface area (Å²) in [5.74, 6) is 0.369. The van der Waals surface area contributed by atoms with Crippen molar-refractivity contribution in [1.82, 2.24) is 25.3 Å². The molecule has 1 amide bonds. The number of nitrogens with one attached hydrogen (secondary N) is 2. The Hall–Kier alpha value is -2.58. The van der Waals surface area contributed by atoms with Gasteiger partial charge in [-0.2, -0.15) is 0 Å². The third kappa shape index (κ3) is 3.59. The number of hydrogen-bond donors (Lipinski definition) is 2. The number of benzene rings is 1. The van der Waals surface area contributed by atoms with Gasteiger partial charge < -0.3 is 5.32 Å². The van der Waals surface area contributed by atoms with Crippen molar-refractivity contribution in [2.45, 2.75) is 18.8 Å². The molecule has 7 nitrogen and oxygen atoms in total. The summed E-state index contributed by atoms with van der Waals surface area (Å²) in [4.78, 5) is 18.1. The standard InChI is InChI=1S/C17H18N6OS/c24-16(13-2-1-3-14(10-13)23-9-8-20-22-23)21-17-19-11-15(25-17)12-4-6-18-7-5-12/h1-3,8-12,18H,4-7H2,(H,19,21,24). The molecule has 3 aromatic rings. The van der Waals surface area contributed by atoms with E-state index in [2.05, 4.69) is 25.9 Å². The van der Waals surface area contributed by atoms with Gasteiger partial charge in [0.05, 0.1) is 18.1 Å². The monoisotopic (exact) mass is 354 g/mol. The summed E-state index contributed by atoms with van der Waals surface area (Å²) in [6, 6.07) is 7.26. The van der Waals surface area contributed by atoms with E-state index in [1.165, 1.54) is 4.88 Å². The van der Waals surface area contributed by atoms with Crippen molar-refractivity contribution in [1.29, 1.82) is 0 Å². The van der Waals surface area contributed by atoms with Gasteiger partial charge in [-0.1, -0.05) is 11.3 Å². The highest BCUT2D eigenvalue weighted by Crippen LogP contribution is 2.31. The molecule has 1 fully saturated rings. The van der Waals surface area contributed by atoms with E-state index in [4.69, 9.17) is 0 Å². The third-order valence-corrected chi connectivity index (χ3v) is 5.36. The molecule has 1 aromatic carbocycles. The molecular formula is C17H18N6OS. The Morgan fingerprint density at radius 2 is 2.20 bits per heavy atom. The number of piperidine rings is 1. The predicted molar refractivity (Wildman–Crippen MR) is 96.3 cm³/mol. The van der Waals surface area contributed by atoms with Crippen molar-refractivity contribution in [3.05, 3.63) is 53.3 Å². The summed E-state index contributed by atoms with van der Waals surface area (Å²) in [6.45, 7) is 2.08. The van der Waals surface area contributed by atoms with E-state index in [1.807, 2.05) is 18.3 Å². The first kappa shape index (κ1) is 15.9. The molecule has 128 valence electrons. The van der Waals surface area contributed by atoms with Crippen molar-refractivity contribution in [2.75, 3.05) is 18.4 Å². The van der Waals surface area contributed by atoms with Crippen LogP contribution in [0.3, 0.4) is 0 Å². The maximum Gasteiger partial charge on any atom is 0.257 e. The lowest BCUT2D eigenvalue weighted by Crippen LogP contribution is -2.26. The Morgan fingerprint density at radius 1 is 1.32 bits per heavy atom. The lowest BCUT2D eigenvalue weighted by atomic mass is 9.97. The second-order valence-electron chi connectivity index (χ2n) is 5.94. The fraction of sp³-hybridized carbons (Fsp3) is 0.294. The van der Waals surface area contributed by atoms with Gasteiger partial charge in [-0.3, -0.25) is 10.1 Å². The van der Waals surface area contributed by atoms with Crippen molar-refractivity contribution < 1.29 is 4.79 Å². The number of thiazole rings is 1. The number of aromatic nitrogens is 4. The SMILES string of the molecule is O=C(Nc1ncc(C2CCNCC2)s1)c1cccc(-n2ccnn2)c1. The van der Waals surface area contributed by atoms with Gasteiger partial charge in [-0.05, 0) is 50.0 Å². The number of anilines is 1. The van der Waals surface area contributed by atoms with Gasteiger partial charge in [0.15, 0.2) is 5.13 Å². The summed E-state index contributed by atoms with van der Waals surface area (Å²) < 4.78 is 1.62. The van der Waals surface area contributed by atoms with E-state index in [-0.39, 0.29) is 5.91 Å². The molecule has 0 unspecified atom stereocenters. The maximum absolute atomic E-state index is 12.5. The number of carbonyl (C=O) groups is 1. The van der Waals surface area contributed by atoms with Gasteiger partial charge in [-0.15, -0.1) is 16.4 Å². The van der Waals surface area contributed by atoms with Crippen LogP contribution in [-0.4, -0.2) is 39.0 Å². The molecule has 1 aliphatic rings. The van der Waals surface area contributed by atoms with Crippen LogP contribution in [0.4, 0.5) is 5.13 Å². The fourth-order valence-corrected chi connectivity index (χ4v) is 3.92. The molecule has 1 saturated heterocycles. The molecular weight excluding hydrogens is 336 g/mol. The van der Waals surface area contributed by atoms with Gasteiger partial charge in [-0.25, -0.2) is 9.67 Å². The van der Waals surface area contributed by atoms with Gasteiger partial charge in [0, 0.05) is 16.6 Å². The molecule has 8 heteroatoms. The Balaban J connectivity index is 1.47. The Kier molecular flexibility index (Phi) is 4.53. The zero-order valence-electron chi connectivity index (χ0n) is 13.6. The molecule has 25 heavy (non-hydrogen) atoms. The van der Waals surface area contributed by atoms with E-state index < -0.39 is 0 Å². The Labute approximate surface area is 149 Å². The zero-order chi connectivity index (χ0) is 17.1. The van der Waals surface area contributed by atoms with Crippen LogP contribution >= 0.6 is 11.3 Å². The second kappa shape index (κ2) is 7.12. The number of hydrogen-bond acceptors (Lipinski definition) is 6. The summed E-state index contributed by atoms with van der Waals surface area (Å²) >= 11 is 1.57. The van der Waals surface area contributed by atoms with Crippen LogP contribution in [0, 0.1) is 0 Å². The van der Waals surface area contributed by atoms with Gasteiger partial charge >= 0.3 is 0 Å². The van der Waals surface area contributed by atoms with Crippen molar-refractivity contribution >= 4 is 22.4 Å². The first-order chi connectivity index (χ1) is 12.3. The fourth-order valence-electron chi connectivity index (χ4n) is 2.94. The highest BCUT2D eigenvalue weighted by atomic mass is 32.1. The van der Waals surface area contributed by atoms with Gasteiger partial charge in [0.1, 0.15) is 0 Å². The normalized spacial score (nSPS) is 15.2. The van der Waals surface area contributed by atoms with Gasteiger partial charge in [0.2, 0.25) is 0 Å². The average Bonchev–Trinajstić information content (AvgIpc) is 3.35. The predicted octanol–water partition coefficient (Wildman–Crippen LogP) is 2.44. The molecule has 2 aromatic heterocycles. The van der Waals surface area contributed by atoms with E-state index in [9.17, 15) is 4.79 Å². The maximum atomic E-state index is 12.5. The van der Waals surface area contributed by atoms with Crippen LogP contribution < -0.4 is 10.6 Å². The first-order valence-electron chi connectivity index (χ1n) is 8.24. The molecule has 0 radical (unpaired) electrons. The molecule has 4 rings (SSSR count). The molecule has 0 atom stereocenters. The topological polar surface area (TPSA) is 84.7 Å². The molecule has 3 heterocycles. The highest BCUT2D eigenvalue weighted by Gasteiger charge is 2.18. The molecule has 0 saturated carbocycles. The summed E-state index contributed by atoms with van der Waals surface area (Å²) in [5.41, 5.74) is 1.35. The van der Waals surface area contributed by atoms with E-state index >= 15 is 0 Å². The lowest BCUT2D eigenvalue weighted by Gasteiger charge is -2.20. The summed E-state index contributed by atoms with van der Waals surface area (Å²) in [7, 11) is 0. The molecule has 1 aliphatic heterocycles. The van der Waals surface area contributed by atoms with Crippen LogP contribution in [0.2, 0.25) is 0 Å². The first-order valence-corrected chi connectivity index (χ1v) is 9.06. The quantitative estimate of drug-likeness (QED) is 0.752. The van der Waals surface area contributed by atoms with Crippen LogP contribution in [0.5, 0.6) is 0 Å². The minimum absolute atomic E-state index is 0.173. The van der Waals surface area contributed by atoms with Gasteiger partial charge in [0.25, 0.3) is 5.91 Å². The number of amides is 1. The highest BCUT2D eigenvalue weighted by molar-refractivity contribution is 7.15. The lowest BCUT2D eigenvalue weighted by molar-refractivity contribution is 0.102. The zero-order valence-corrected chi connectivity index (χ0v) is 14.4. The smallest absolute Gasteiger partial charge is 0.257 e. The van der Waals surface area contributed by atoms with Crippen LogP contribution in [0.1, 0.15) is 34.0 Å². The van der Waals surface area contributed by atoms with E-state index in [1.54, 1.807) is 40.5 Å². The molecule has 2 N–H and O–H groups in total. The van der Waals surface area contributed by atoms with Crippen LogP contribution in [-0.2, 0) is 0 Å². The molecule has 0 spiro atoms. The summed E-state index contributed by atoms with van der Waals surface area (Å²) in [5, 5.41) is 14.6. The van der Waals surface area contributed by atoms with Crippen molar-refractivity contribution in [3.8, 4) is 5.69 Å². The molecule has 0 aliphatic carbocycles. The van der Waals surface area contributed by atoms with Crippen LogP contribution in [0.15, 0.2) is 42.9 Å². The van der Waals surface area contributed by atoms with E-state index in [0.717, 1.165) is 31.6 Å². The Morgan fingerprint density at radius 3 is 3.00 bits per heavy atom. The largest absolute Gasteiger partial charge is 0.317 e. The number of rotatable bonds is 4.